The van der Waals surface area contributed by atoms with Gasteiger partial charge in [0.1, 0.15) is 5.82 Å². The smallest absolute Gasteiger partial charge is 0.238 e. The number of nitrogens with zero attached hydrogens (tertiary/aromatic N) is 1. The molecule has 0 aliphatic heterocycles. The van der Waals surface area contributed by atoms with Gasteiger partial charge in [-0.3, -0.25) is 10.2 Å². The predicted molar refractivity (Wildman–Crippen MR) is 51.9 cm³/mol. The summed E-state index contributed by atoms with van der Waals surface area (Å²) >= 11 is 0. The number of halogens is 1. The molecular weight excluding hydrogens is 192 g/mol. The number of nitrogens with one attached hydrogen (secondary N) is 1. The van der Waals surface area contributed by atoms with Crippen LogP contribution < -0.4 is 17.0 Å². The zero-order chi connectivity index (χ0) is 8.97. The van der Waals surface area contributed by atoms with Crippen LogP contribution in [-0.4, -0.2) is 10.9 Å². The molecule has 1 rings (SSSR count). The highest BCUT2D eigenvalue weighted by atomic mass is 35.5. The molecule has 0 bridgehead atoms. The zero-order valence-corrected chi connectivity index (χ0v) is 7.67. The normalized spacial score (nSPS) is 8.69. The number of rotatable bonds is 2. The van der Waals surface area contributed by atoms with E-state index in [1.807, 2.05) is 5.43 Å². The molecule has 0 radical (unpaired) electrons. The second kappa shape index (κ2) is 5.34. The van der Waals surface area contributed by atoms with E-state index in [4.69, 9.17) is 11.6 Å². The van der Waals surface area contributed by atoms with Gasteiger partial charge in [0.2, 0.25) is 5.91 Å². The fraction of sp³-hybridized carbons (Fsp3) is 0.143. The number of hydrogen-bond acceptors (Lipinski definition) is 4. The number of nitrogen functional groups attached to an aromatic ring is 1. The number of amides is 1. The lowest BCUT2D eigenvalue weighted by molar-refractivity contribution is -0.120. The Labute approximate surface area is 81.9 Å². The van der Waals surface area contributed by atoms with Crippen molar-refractivity contribution in [3.05, 3.63) is 23.9 Å². The van der Waals surface area contributed by atoms with E-state index in [1.54, 1.807) is 18.3 Å². The summed E-state index contributed by atoms with van der Waals surface area (Å²) in [5.74, 6) is 4.99. The van der Waals surface area contributed by atoms with Gasteiger partial charge in [0, 0.05) is 11.8 Å². The first-order valence-corrected chi connectivity index (χ1v) is 3.43. The minimum atomic E-state index is -0.283. The first-order valence-electron chi connectivity index (χ1n) is 3.43. The third-order valence-electron chi connectivity index (χ3n) is 1.44. The molecule has 0 atom stereocenters. The van der Waals surface area contributed by atoms with Crippen LogP contribution in [0.3, 0.4) is 0 Å². The molecule has 1 heterocycles. The fourth-order valence-corrected chi connectivity index (χ4v) is 0.824. The van der Waals surface area contributed by atoms with Crippen LogP contribution in [0.15, 0.2) is 18.3 Å². The highest BCUT2D eigenvalue weighted by molar-refractivity contribution is 5.85. The van der Waals surface area contributed by atoms with Crippen LogP contribution in [0.25, 0.3) is 0 Å². The lowest BCUT2D eigenvalue weighted by atomic mass is 10.2. The monoisotopic (exact) mass is 202 g/mol. The fourth-order valence-electron chi connectivity index (χ4n) is 0.824. The standard InChI is InChI=1S/C7H10N4O.ClH/c8-7-5(2-1-3-10-7)4-6(12)11-9;/h1-3H,4,9H2,(H2,8,10)(H,11,12);1H. The van der Waals surface area contributed by atoms with Crippen LogP contribution in [0.4, 0.5) is 5.82 Å². The second-order valence-electron chi connectivity index (χ2n) is 2.29. The van der Waals surface area contributed by atoms with Gasteiger partial charge in [-0.1, -0.05) is 6.07 Å². The maximum atomic E-state index is 10.8. The van der Waals surface area contributed by atoms with Crippen LogP contribution in [0.5, 0.6) is 0 Å². The average Bonchev–Trinajstić information content (AvgIpc) is 2.09. The van der Waals surface area contributed by atoms with E-state index in [9.17, 15) is 4.79 Å². The number of carbonyl (C=O) groups is 1. The quantitative estimate of drug-likeness (QED) is 0.346. The molecule has 13 heavy (non-hydrogen) atoms. The van der Waals surface area contributed by atoms with Gasteiger partial charge in [0.25, 0.3) is 0 Å². The Hall–Kier alpha value is -1.33. The second-order valence-corrected chi connectivity index (χ2v) is 2.29. The van der Waals surface area contributed by atoms with Crippen molar-refractivity contribution in [3.8, 4) is 0 Å². The maximum absolute atomic E-state index is 10.8. The Bertz CT molecular complexity index is 292. The molecule has 6 heteroatoms. The number of hydrogen-bond donors (Lipinski definition) is 3. The number of hydrazine groups is 1. The number of aromatic nitrogens is 1. The molecule has 5 nitrogen and oxygen atoms in total. The van der Waals surface area contributed by atoms with Crippen LogP contribution in [0.1, 0.15) is 5.56 Å². The summed E-state index contributed by atoms with van der Waals surface area (Å²) < 4.78 is 0. The SMILES string of the molecule is Cl.NNC(=O)Cc1cccnc1N. The van der Waals surface area contributed by atoms with E-state index in [-0.39, 0.29) is 24.7 Å². The van der Waals surface area contributed by atoms with Crippen molar-refractivity contribution in [1.29, 1.82) is 0 Å². The summed E-state index contributed by atoms with van der Waals surface area (Å²) in [6, 6.07) is 3.45. The van der Waals surface area contributed by atoms with Gasteiger partial charge in [0.15, 0.2) is 0 Å². The van der Waals surface area contributed by atoms with E-state index in [2.05, 4.69) is 4.98 Å². The highest BCUT2D eigenvalue weighted by Gasteiger charge is 2.03. The van der Waals surface area contributed by atoms with Crippen LogP contribution in [0, 0.1) is 0 Å². The van der Waals surface area contributed by atoms with Crippen molar-refractivity contribution in [1.82, 2.24) is 10.4 Å². The topological polar surface area (TPSA) is 94.0 Å². The minimum absolute atomic E-state index is 0. The summed E-state index contributed by atoms with van der Waals surface area (Å²) in [6.45, 7) is 0. The van der Waals surface area contributed by atoms with Crippen molar-refractivity contribution in [2.75, 3.05) is 5.73 Å². The predicted octanol–water partition coefficient (Wildman–Crippen LogP) is -0.382. The molecule has 0 saturated carbocycles. The lowest BCUT2D eigenvalue weighted by Crippen LogP contribution is -2.31. The third kappa shape index (κ3) is 3.27. The molecule has 0 aliphatic carbocycles. The van der Waals surface area contributed by atoms with Crippen LogP contribution in [0.2, 0.25) is 0 Å². The molecule has 5 N–H and O–H groups in total. The first-order chi connectivity index (χ1) is 5.74. The Kier molecular flexibility index (Phi) is 4.79. The molecule has 0 aromatic carbocycles. The van der Waals surface area contributed by atoms with Gasteiger partial charge < -0.3 is 5.73 Å². The number of nitrogens with two attached hydrogens (primary N) is 2. The molecule has 0 fully saturated rings. The largest absolute Gasteiger partial charge is 0.383 e. The summed E-state index contributed by atoms with van der Waals surface area (Å²) in [4.78, 5) is 14.6. The van der Waals surface area contributed by atoms with Crippen molar-refractivity contribution < 1.29 is 4.79 Å². The van der Waals surface area contributed by atoms with E-state index in [0.29, 0.717) is 11.4 Å². The van der Waals surface area contributed by atoms with Crippen molar-refractivity contribution in [3.63, 3.8) is 0 Å². The van der Waals surface area contributed by atoms with Gasteiger partial charge in [-0.2, -0.15) is 0 Å². The van der Waals surface area contributed by atoms with Crippen LogP contribution in [-0.2, 0) is 11.2 Å². The van der Waals surface area contributed by atoms with E-state index in [1.165, 1.54) is 0 Å². The molecule has 0 saturated heterocycles. The van der Waals surface area contributed by atoms with Crippen molar-refractivity contribution in [2.24, 2.45) is 5.84 Å². The van der Waals surface area contributed by atoms with E-state index < -0.39 is 0 Å². The molecule has 1 aromatic rings. The zero-order valence-electron chi connectivity index (χ0n) is 6.86. The van der Waals surface area contributed by atoms with Gasteiger partial charge in [-0.05, 0) is 6.07 Å². The molecule has 0 aliphatic rings. The Morgan fingerprint density at radius 3 is 2.85 bits per heavy atom. The van der Waals surface area contributed by atoms with Crippen molar-refractivity contribution >= 4 is 24.1 Å². The Morgan fingerprint density at radius 1 is 1.62 bits per heavy atom. The van der Waals surface area contributed by atoms with Gasteiger partial charge in [-0.25, -0.2) is 10.8 Å². The maximum Gasteiger partial charge on any atom is 0.238 e. The molecule has 1 amide bonds. The summed E-state index contributed by atoms with van der Waals surface area (Å²) in [7, 11) is 0. The number of anilines is 1. The highest BCUT2D eigenvalue weighted by Crippen LogP contribution is 2.06. The summed E-state index contributed by atoms with van der Waals surface area (Å²) in [5, 5.41) is 0. The van der Waals surface area contributed by atoms with Gasteiger partial charge >= 0.3 is 0 Å². The van der Waals surface area contributed by atoms with Crippen LogP contribution >= 0.6 is 12.4 Å². The Morgan fingerprint density at radius 2 is 2.31 bits per heavy atom. The number of carbonyl (C=O) groups excluding carboxylic acids is 1. The molecule has 0 unspecified atom stereocenters. The molecular formula is C7H11ClN4O. The number of pyridine rings is 1. The van der Waals surface area contributed by atoms with Gasteiger partial charge in [-0.15, -0.1) is 12.4 Å². The van der Waals surface area contributed by atoms with Crippen molar-refractivity contribution in [2.45, 2.75) is 6.42 Å². The first kappa shape index (κ1) is 11.7. The lowest BCUT2D eigenvalue weighted by Gasteiger charge is -2.01. The molecule has 0 spiro atoms. The molecule has 72 valence electrons. The summed E-state index contributed by atoms with van der Waals surface area (Å²) in [5.41, 5.74) is 8.19. The van der Waals surface area contributed by atoms with E-state index >= 15 is 0 Å². The summed E-state index contributed by atoms with van der Waals surface area (Å²) in [6.07, 6.45) is 1.73. The van der Waals surface area contributed by atoms with E-state index in [0.717, 1.165) is 0 Å². The average molecular weight is 203 g/mol. The minimum Gasteiger partial charge on any atom is -0.383 e. The van der Waals surface area contributed by atoms with Gasteiger partial charge in [0.05, 0.1) is 6.42 Å². The molecule has 1 aromatic heterocycles. The Balaban J connectivity index is 0.00000144. The third-order valence-corrected chi connectivity index (χ3v) is 1.44.